The normalized spacial score (nSPS) is 15.2. The van der Waals surface area contributed by atoms with Crippen LogP contribution in [0.1, 0.15) is 25.7 Å². The van der Waals surface area contributed by atoms with Gasteiger partial charge in [-0.15, -0.1) is 10.2 Å². The number of thioether (sulfide) groups is 1. The van der Waals surface area contributed by atoms with Crippen molar-refractivity contribution in [2.45, 2.75) is 30.7 Å². The topological polar surface area (TPSA) is 76.3 Å². The first-order valence-electron chi connectivity index (χ1n) is 8.86. The van der Waals surface area contributed by atoms with Gasteiger partial charge >= 0.3 is 0 Å². The highest BCUT2D eigenvalue weighted by Gasteiger charge is 2.16. The second-order valence-electron chi connectivity index (χ2n) is 6.26. The molecule has 0 spiro atoms. The third-order valence-corrected chi connectivity index (χ3v) is 5.34. The van der Waals surface area contributed by atoms with Gasteiger partial charge in [-0.1, -0.05) is 30.7 Å². The van der Waals surface area contributed by atoms with Crippen LogP contribution in [0.25, 0.3) is 17.2 Å². The zero-order valence-corrected chi connectivity index (χ0v) is 15.2. The molecule has 3 aromatic heterocycles. The first-order chi connectivity index (χ1) is 12.8. The minimum absolute atomic E-state index is 0.188. The number of aromatic nitrogens is 5. The molecule has 1 aliphatic heterocycles. The SMILES string of the molecule is O=C(CSc1ccc2nnc(-c3ccccn3)n2n1)N1CCCCCC1. The molecule has 4 rings (SSSR count). The third kappa shape index (κ3) is 3.70. The number of rotatable bonds is 4. The number of carbonyl (C=O) groups excluding carboxylic acids is 1. The fourth-order valence-corrected chi connectivity index (χ4v) is 3.81. The lowest BCUT2D eigenvalue weighted by Crippen LogP contribution is -2.33. The van der Waals surface area contributed by atoms with Crippen molar-refractivity contribution in [3.8, 4) is 11.5 Å². The molecule has 4 heterocycles. The van der Waals surface area contributed by atoms with Crippen LogP contribution in [-0.4, -0.2) is 54.4 Å². The van der Waals surface area contributed by atoms with E-state index in [1.54, 1.807) is 10.7 Å². The molecule has 8 heteroatoms. The Hall–Kier alpha value is -2.48. The number of carbonyl (C=O) groups is 1. The summed E-state index contributed by atoms with van der Waals surface area (Å²) in [6, 6.07) is 9.39. The van der Waals surface area contributed by atoms with Crippen molar-refractivity contribution in [2.75, 3.05) is 18.8 Å². The van der Waals surface area contributed by atoms with E-state index in [1.807, 2.05) is 35.2 Å². The van der Waals surface area contributed by atoms with Crippen molar-refractivity contribution in [3.05, 3.63) is 36.5 Å². The molecular weight excluding hydrogens is 348 g/mol. The summed E-state index contributed by atoms with van der Waals surface area (Å²) >= 11 is 1.45. The molecule has 0 aliphatic carbocycles. The standard InChI is InChI=1S/C18H20N6OS/c25-17(23-11-5-1-2-6-12-23)13-26-16-9-8-15-20-21-18(24(15)22-16)14-7-3-4-10-19-14/h3-4,7-10H,1-2,5-6,11-13H2. The molecular formula is C18H20N6OS. The van der Waals surface area contributed by atoms with Crippen LogP contribution < -0.4 is 0 Å². The van der Waals surface area contributed by atoms with Crippen LogP contribution >= 0.6 is 11.8 Å². The molecule has 0 bridgehead atoms. The van der Waals surface area contributed by atoms with Gasteiger partial charge in [0.2, 0.25) is 11.7 Å². The lowest BCUT2D eigenvalue weighted by atomic mass is 10.2. The minimum atomic E-state index is 0.188. The number of hydrogen-bond acceptors (Lipinski definition) is 6. The van der Waals surface area contributed by atoms with Crippen molar-refractivity contribution < 1.29 is 4.79 Å². The number of pyridine rings is 1. The van der Waals surface area contributed by atoms with E-state index in [4.69, 9.17) is 0 Å². The van der Waals surface area contributed by atoms with Gasteiger partial charge in [-0.3, -0.25) is 9.78 Å². The van der Waals surface area contributed by atoms with Crippen molar-refractivity contribution in [3.63, 3.8) is 0 Å². The van der Waals surface area contributed by atoms with Crippen LogP contribution in [0.5, 0.6) is 0 Å². The van der Waals surface area contributed by atoms with Crippen molar-refractivity contribution in [2.24, 2.45) is 0 Å². The zero-order valence-electron chi connectivity index (χ0n) is 14.4. The Bertz CT molecular complexity index is 889. The molecule has 1 saturated heterocycles. The Kier molecular flexibility index (Phi) is 5.10. The van der Waals surface area contributed by atoms with Crippen LogP contribution in [0.4, 0.5) is 0 Å². The van der Waals surface area contributed by atoms with Crippen LogP contribution in [0, 0.1) is 0 Å². The largest absolute Gasteiger partial charge is 0.342 e. The van der Waals surface area contributed by atoms with Crippen molar-refractivity contribution in [1.82, 2.24) is 29.7 Å². The zero-order chi connectivity index (χ0) is 17.8. The molecule has 1 aliphatic rings. The lowest BCUT2D eigenvalue weighted by Gasteiger charge is -2.19. The maximum absolute atomic E-state index is 12.5. The monoisotopic (exact) mass is 368 g/mol. The van der Waals surface area contributed by atoms with Crippen molar-refractivity contribution >= 4 is 23.3 Å². The van der Waals surface area contributed by atoms with E-state index in [1.165, 1.54) is 24.6 Å². The van der Waals surface area contributed by atoms with E-state index >= 15 is 0 Å². The van der Waals surface area contributed by atoms with Gasteiger partial charge in [0.05, 0.1) is 5.75 Å². The van der Waals surface area contributed by atoms with Gasteiger partial charge < -0.3 is 4.90 Å². The lowest BCUT2D eigenvalue weighted by molar-refractivity contribution is -0.128. The molecule has 1 fully saturated rings. The average Bonchev–Trinajstić information content (AvgIpc) is 2.91. The Balaban J connectivity index is 1.49. The van der Waals surface area contributed by atoms with E-state index in [-0.39, 0.29) is 5.91 Å². The fourth-order valence-electron chi connectivity index (χ4n) is 3.05. The number of hydrogen-bond donors (Lipinski definition) is 0. The molecule has 0 unspecified atom stereocenters. The maximum Gasteiger partial charge on any atom is 0.232 e. The smallest absolute Gasteiger partial charge is 0.232 e. The molecule has 7 nitrogen and oxygen atoms in total. The predicted molar refractivity (Wildman–Crippen MR) is 99.8 cm³/mol. The molecule has 1 amide bonds. The highest BCUT2D eigenvalue weighted by atomic mass is 32.2. The summed E-state index contributed by atoms with van der Waals surface area (Å²) in [5.74, 6) is 1.19. The average molecular weight is 368 g/mol. The van der Waals surface area contributed by atoms with Gasteiger partial charge in [-0.2, -0.15) is 9.61 Å². The van der Waals surface area contributed by atoms with Gasteiger partial charge in [0, 0.05) is 19.3 Å². The van der Waals surface area contributed by atoms with Crippen LogP contribution in [0.3, 0.4) is 0 Å². The van der Waals surface area contributed by atoms with Crippen LogP contribution in [0.2, 0.25) is 0 Å². The quantitative estimate of drug-likeness (QED) is 0.659. The summed E-state index contributed by atoms with van der Waals surface area (Å²) in [5.41, 5.74) is 1.38. The van der Waals surface area contributed by atoms with E-state index in [2.05, 4.69) is 20.3 Å². The second-order valence-corrected chi connectivity index (χ2v) is 7.26. The minimum Gasteiger partial charge on any atom is -0.342 e. The molecule has 0 saturated carbocycles. The van der Waals surface area contributed by atoms with Crippen molar-refractivity contribution in [1.29, 1.82) is 0 Å². The highest BCUT2D eigenvalue weighted by molar-refractivity contribution is 7.99. The number of amides is 1. The van der Waals surface area contributed by atoms with Gasteiger partial charge in [0.1, 0.15) is 10.7 Å². The Morgan fingerprint density at radius 3 is 2.65 bits per heavy atom. The molecule has 0 atom stereocenters. The molecule has 134 valence electrons. The first-order valence-corrected chi connectivity index (χ1v) is 9.84. The molecule has 0 radical (unpaired) electrons. The molecule has 26 heavy (non-hydrogen) atoms. The number of nitrogens with zero attached hydrogens (tertiary/aromatic N) is 6. The fraction of sp³-hybridized carbons (Fsp3) is 0.389. The summed E-state index contributed by atoms with van der Waals surface area (Å²) in [5, 5.41) is 13.7. The second kappa shape index (κ2) is 7.82. The van der Waals surface area contributed by atoms with Gasteiger partial charge in [-0.25, -0.2) is 0 Å². The summed E-state index contributed by atoms with van der Waals surface area (Å²) in [6.45, 7) is 1.75. The van der Waals surface area contributed by atoms with Gasteiger partial charge in [0.15, 0.2) is 5.65 Å². The summed E-state index contributed by atoms with van der Waals surface area (Å²) in [6.07, 6.45) is 6.37. The van der Waals surface area contributed by atoms with Gasteiger partial charge in [-0.05, 0) is 37.1 Å². The third-order valence-electron chi connectivity index (χ3n) is 4.43. The number of likely N-dealkylation sites (tertiary alicyclic amines) is 1. The Morgan fingerprint density at radius 1 is 1.04 bits per heavy atom. The summed E-state index contributed by atoms with van der Waals surface area (Å²) in [7, 11) is 0. The van der Waals surface area contributed by atoms with E-state index in [0.29, 0.717) is 17.2 Å². The summed E-state index contributed by atoms with van der Waals surface area (Å²) in [4.78, 5) is 18.8. The van der Waals surface area contributed by atoms with E-state index in [9.17, 15) is 4.79 Å². The van der Waals surface area contributed by atoms with E-state index < -0.39 is 0 Å². The number of fused-ring (bicyclic) bond motifs is 1. The van der Waals surface area contributed by atoms with Crippen LogP contribution in [-0.2, 0) is 4.79 Å². The summed E-state index contributed by atoms with van der Waals surface area (Å²) < 4.78 is 1.68. The molecule has 0 N–H and O–H groups in total. The predicted octanol–water partition coefficient (Wildman–Crippen LogP) is 2.68. The van der Waals surface area contributed by atoms with Gasteiger partial charge in [0.25, 0.3) is 0 Å². The highest BCUT2D eigenvalue weighted by Crippen LogP contribution is 2.20. The Morgan fingerprint density at radius 2 is 1.88 bits per heavy atom. The van der Waals surface area contributed by atoms with Crippen LogP contribution in [0.15, 0.2) is 41.6 Å². The maximum atomic E-state index is 12.5. The van der Waals surface area contributed by atoms with E-state index in [0.717, 1.165) is 36.7 Å². The Labute approximate surface area is 155 Å². The molecule has 3 aromatic rings. The molecule has 0 aromatic carbocycles. The first kappa shape index (κ1) is 17.0.